The van der Waals surface area contributed by atoms with Crippen LogP contribution in [0.3, 0.4) is 0 Å². The van der Waals surface area contributed by atoms with E-state index in [-0.39, 0.29) is 0 Å². The maximum absolute atomic E-state index is 11.0. The van der Waals surface area contributed by atoms with Crippen LogP contribution in [-0.2, 0) is 4.79 Å². The van der Waals surface area contributed by atoms with Crippen molar-refractivity contribution < 1.29 is 9.53 Å². The van der Waals surface area contributed by atoms with Crippen LogP contribution in [0.4, 0.5) is 0 Å². The average molecular weight is 216 g/mol. The minimum atomic E-state index is 0.860. The molecule has 1 aliphatic rings. The molecule has 0 saturated heterocycles. The van der Waals surface area contributed by atoms with E-state index in [9.17, 15) is 4.79 Å². The molecular weight excluding hydrogens is 200 g/mol. The minimum absolute atomic E-state index is 0.860. The third kappa shape index (κ3) is 2.01. The number of benzene rings is 1. The van der Waals surface area contributed by atoms with E-state index >= 15 is 0 Å². The highest BCUT2D eigenvalue weighted by atomic mass is 16.5. The zero-order chi connectivity index (χ0) is 11.4. The van der Waals surface area contributed by atoms with Crippen LogP contribution in [0.1, 0.15) is 31.2 Å². The number of para-hydroxylation sites is 1. The summed E-state index contributed by atoms with van der Waals surface area (Å²) in [6.45, 7) is 0. The van der Waals surface area contributed by atoms with E-state index in [1.165, 1.54) is 5.57 Å². The Balaban J connectivity index is 2.49. The molecule has 2 rings (SSSR count). The fourth-order valence-electron chi connectivity index (χ4n) is 2.26. The predicted octanol–water partition coefficient (Wildman–Crippen LogP) is 3.22. The number of ether oxygens (including phenoxy) is 1. The number of rotatable bonds is 3. The minimum Gasteiger partial charge on any atom is -0.496 e. The maximum atomic E-state index is 11.0. The molecule has 0 aliphatic heterocycles. The summed E-state index contributed by atoms with van der Waals surface area (Å²) >= 11 is 0. The molecule has 0 spiro atoms. The largest absolute Gasteiger partial charge is 0.496 e. The first kappa shape index (κ1) is 10.9. The number of carbonyl (C=O) groups excluding carboxylic acids is 1. The standard InChI is InChI=1S/C14H16O2/c1-16-14-9-5-4-8-13(14)12-7-3-2-6-11(12)10-15/h4-5,8-10H,2-3,6-7H2,1H3. The molecular formula is C14H16O2. The van der Waals surface area contributed by atoms with Gasteiger partial charge >= 0.3 is 0 Å². The summed E-state index contributed by atoms with van der Waals surface area (Å²) in [4.78, 5) is 11.0. The number of allylic oxidation sites excluding steroid dienone is 2. The molecule has 0 amide bonds. The van der Waals surface area contributed by atoms with Gasteiger partial charge in [-0.15, -0.1) is 0 Å². The summed E-state index contributed by atoms with van der Waals surface area (Å²) < 4.78 is 5.34. The second-order valence-electron chi connectivity index (χ2n) is 4.03. The SMILES string of the molecule is COc1ccccc1C1=C(C=O)CCCC1. The highest BCUT2D eigenvalue weighted by Crippen LogP contribution is 2.35. The maximum Gasteiger partial charge on any atom is 0.146 e. The predicted molar refractivity (Wildman–Crippen MR) is 64.4 cm³/mol. The van der Waals surface area contributed by atoms with Gasteiger partial charge < -0.3 is 4.74 Å². The topological polar surface area (TPSA) is 26.3 Å². The number of carbonyl (C=O) groups is 1. The van der Waals surface area contributed by atoms with Gasteiger partial charge in [-0.2, -0.15) is 0 Å². The molecule has 0 saturated carbocycles. The molecule has 0 N–H and O–H groups in total. The smallest absolute Gasteiger partial charge is 0.146 e. The number of aldehydes is 1. The molecule has 1 aromatic carbocycles. The molecule has 84 valence electrons. The molecule has 2 heteroatoms. The Kier molecular flexibility index (Phi) is 3.40. The third-order valence-electron chi connectivity index (χ3n) is 3.08. The molecule has 0 fully saturated rings. The fourth-order valence-corrected chi connectivity index (χ4v) is 2.26. The molecule has 0 atom stereocenters. The fraction of sp³-hybridized carbons (Fsp3) is 0.357. The van der Waals surface area contributed by atoms with Crippen LogP contribution in [0.25, 0.3) is 5.57 Å². The average Bonchev–Trinajstić information content (AvgIpc) is 2.38. The van der Waals surface area contributed by atoms with Crippen molar-refractivity contribution in [3.8, 4) is 5.75 Å². The molecule has 0 heterocycles. The van der Waals surface area contributed by atoms with Crippen molar-refractivity contribution in [3.63, 3.8) is 0 Å². The van der Waals surface area contributed by atoms with Crippen LogP contribution in [0, 0.1) is 0 Å². The van der Waals surface area contributed by atoms with E-state index < -0.39 is 0 Å². The molecule has 16 heavy (non-hydrogen) atoms. The summed E-state index contributed by atoms with van der Waals surface area (Å²) in [7, 11) is 1.67. The van der Waals surface area contributed by atoms with Gasteiger partial charge in [0.05, 0.1) is 7.11 Å². The van der Waals surface area contributed by atoms with Gasteiger partial charge in [0.1, 0.15) is 12.0 Å². The van der Waals surface area contributed by atoms with E-state index in [0.717, 1.165) is 48.9 Å². The first-order chi connectivity index (χ1) is 7.86. The molecule has 1 aromatic rings. The zero-order valence-electron chi connectivity index (χ0n) is 9.53. The third-order valence-corrected chi connectivity index (χ3v) is 3.08. The van der Waals surface area contributed by atoms with E-state index in [1.807, 2.05) is 24.3 Å². The van der Waals surface area contributed by atoms with Gasteiger partial charge in [0, 0.05) is 5.56 Å². The lowest BCUT2D eigenvalue weighted by atomic mass is 9.87. The van der Waals surface area contributed by atoms with E-state index in [4.69, 9.17) is 4.74 Å². The summed E-state index contributed by atoms with van der Waals surface area (Å²) in [5.74, 6) is 0.860. The van der Waals surface area contributed by atoms with E-state index in [0.29, 0.717) is 0 Å². The van der Waals surface area contributed by atoms with Gasteiger partial charge in [-0.05, 0) is 42.9 Å². The van der Waals surface area contributed by atoms with Crippen molar-refractivity contribution in [3.05, 3.63) is 35.4 Å². The monoisotopic (exact) mass is 216 g/mol. The van der Waals surface area contributed by atoms with Crippen molar-refractivity contribution in [2.45, 2.75) is 25.7 Å². The second kappa shape index (κ2) is 4.97. The molecule has 0 bridgehead atoms. The number of hydrogen-bond donors (Lipinski definition) is 0. The Morgan fingerprint density at radius 1 is 1.19 bits per heavy atom. The number of hydrogen-bond acceptors (Lipinski definition) is 2. The highest BCUT2D eigenvalue weighted by molar-refractivity contribution is 5.90. The Labute approximate surface area is 95.9 Å². The van der Waals surface area contributed by atoms with E-state index in [2.05, 4.69) is 0 Å². The van der Waals surface area contributed by atoms with Gasteiger partial charge in [-0.1, -0.05) is 18.2 Å². The Morgan fingerprint density at radius 2 is 1.94 bits per heavy atom. The molecule has 1 aliphatic carbocycles. The zero-order valence-corrected chi connectivity index (χ0v) is 9.53. The highest BCUT2D eigenvalue weighted by Gasteiger charge is 2.16. The van der Waals surface area contributed by atoms with Gasteiger partial charge in [-0.25, -0.2) is 0 Å². The van der Waals surface area contributed by atoms with Gasteiger partial charge in [-0.3, -0.25) is 4.79 Å². The normalized spacial score (nSPS) is 16.1. The second-order valence-corrected chi connectivity index (χ2v) is 4.03. The summed E-state index contributed by atoms with van der Waals surface area (Å²) in [6, 6.07) is 7.91. The van der Waals surface area contributed by atoms with Crippen LogP contribution in [0.15, 0.2) is 29.8 Å². The lowest BCUT2D eigenvalue weighted by molar-refractivity contribution is -0.105. The Morgan fingerprint density at radius 3 is 2.69 bits per heavy atom. The summed E-state index contributed by atoms with van der Waals surface area (Å²) in [5, 5.41) is 0. The Bertz CT molecular complexity index is 418. The molecule has 0 radical (unpaired) electrons. The van der Waals surface area contributed by atoms with Crippen molar-refractivity contribution in [1.82, 2.24) is 0 Å². The van der Waals surface area contributed by atoms with Crippen molar-refractivity contribution in [2.24, 2.45) is 0 Å². The van der Waals surface area contributed by atoms with Crippen molar-refractivity contribution in [2.75, 3.05) is 7.11 Å². The van der Waals surface area contributed by atoms with Gasteiger partial charge in [0.25, 0.3) is 0 Å². The van der Waals surface area contributed by atoms with Crippen LogP contribution < -0.4 is 4.74 Å². The van der Waals surface area contributed by atoms with E-state index in [1.54, 1.807) is 7.11 Å². The lowest BCUT2D eigenvalue weighted by Crippen LogP contribution is -2.02. The first-order valence-electron chi connectivity index (χ1n) is 5.67. The summed E-state index contributed by atoms with van der Waals surface area (Å²) in [5.41, 5.74) is 3.18. The van der Waals surface area contributed by atoms with Crippen LogP contribution in [0.5, 0.6) is 5.75 Å². The lowest BCUT2D eigenvalue weighted by Gasteiger charge is -2.18. The Hall–Kier alpha value is -1.57. The van der Waals surface area contributed by atoms with Crippen LogP contribution in [0.2, 0.25) is 0 Å². The van der Waals surface area contributed by atoms with Gasteiger partial charge in [0.15, 0.2) is 0 Å². The molecule has 0 aromatic heterocycles. The van der Waals surface area contributed by atoms with Gasteiger partial charge in [0.2, 0.25) is 0 Å². The van der Waals surface area contributed by atoms with Crippen molar-refractivity contribution >= 4 is 11.9 Å². The number of methoxy groups -OCH3 is 1. The molecule has 2 nitrogen and oxygen atoms in total. The first-order valence-corrected chi connectivity index (χ1v) is 5.67. The molecule has 0 unspecified atom stereocenters. The van der Waals surface area contributed by atoms with Crippen molar-refractivity contribution in [1.29, 1.82) is 0 Å². The summed E-state index contributed by atoms with van der Waals surface area (Å²) in [6.07, 6.45) is 5.16. The van der Waals surface area contributed by atoms with Crippen LogP contribution in [-0.4, -0.2) is 13.4 Å². The van der Waals surface area contributed by atoms with Crippen LogP contribution >= 0.6 is 0 Å². The quantitative estimate of drug-likeness (QED) is 0.725.